The molecule has 0 radical (unpaired) electrons. The van der Waals surface area contributed by atoms with E-state index in [2.05, 4.69) is 10.3 Å². The Morgan fingerprint density at radius 2 is 2.15 bits per heavy atom. The van der Waals surface area contributed by atoms with E-state index in [1.165, 1.54) is 0 Å². The topological polar surface area (TPSA) is 75.0 Å². The standard InChI is InChI=1S/C15H11N3O2/c16-9-11-2-1-3-15(17-11)20-12-5-6-13-10(8-12)4-7-14(19)18-13/h1-3,5-6,8H,4,7H2,(H,18,19). The third-order valence-corrected chi connectivity index (χ3v) is 3.03. The van der Waals surface area contributed by atoms with Gasteiger partial charge in [-0.05, 0) is 36.2 Å². The molecule has 1 aliphatic rings. The van der Waals surface area contributed by atoms with Crippen LogP contribution in [0.25, 0.3) is 0 Å². The van der Waals surface area contributed by atoms with Gasteiger partial charge in [-0.1, -0.05) is 6.07 Å². The second-order valence-corrected chi connectivity index (χ2v) is 4.44. The molecule has 0 unspecified atom stereocenters. The molecule has 0 fully saturated rings. The number of fused-ring (bicyclic) bond motifs is 1. The van der Waals surface area contributed by atoms with Crippen molar-refractivity contribution in [3.05, 3.63) is 47.7 Å². The summed E-state index contributed by atoms with van der Waals surface area (Å²) in [6, 6.07) is 12.5. The number of amides is 1. The Hall–Kier alpha value is -2.87. The van der Waals surface area contributed by atoms with Gasteiger partial charge in [0.05, 0.1) is 0 Å². The second-order valence-electron chi connectivity index (χ2n) is 4.44. The van der Waals surface area contributed by atoms with Crippen molar-refractivity contribution >= 4 is 11.6 Å². The number of pyridine rings is 1. The van der Waals surface area contributed by atoms with E-state index in [4.69, 9.17) is 10.00 Å². The Morgan fingerprint density at radius 3 is 3.00 bits per heavy atom. The van der Waals surface area contributed by atoms with Crippen LogP contribution in [0.15, 0.2) is 36.4 Å². The molecule has 0 aliphatic carbocycles. The van der Waals surface area contributed by atoms with Gasteiger partial charge in [-0.25, -0.2) is 4.98 Å². The van der Waals surface area contributed by atoms with Crippen molar-refractivity contribution in [3.8, 4) is 17.7 Å². The van der Waals surface area contributed by atoms with E-state index in [9.17, 15) is 4.79 Å². The first-order valence-electron chi connectivity index (χ1n) is 6.22. The number of aryl methyl sites for hydroxylation is 1. The molecule has 1 aromatic carbocycles. The largest absolute Gasteiger partial charge is 0.439 e. The fourth-order valence-electron chi connectivity index (χ4n) is 2.08. The Bertz CT molecular complexity index is 719. The maximum absolute atomic E-state index is 11.3. The lowest BCUT2D eigenvalue weighted by Gasteiger charge is -2.17. The molecule has 2 aromatic rings. The number of carbonyl (C=O) groups is 1. The lowest BCUT2D eigenvalue weighted by atomic mass is 10.0. The summed E-state index contributed by atoms with van der Waals surface area (Å²) in [7, 11) is 0. The minimum absolute atomic E-state index is 0.0366. The highest BCUT2D eigenvalue weighted by Gasteiger charge is 2.15. The van der Waals surface area contributed by atoms with Crippen LogP contribution in [-0.2, 0) is 11.2 Å². The van der Waals surface area contributed by atoms with E-state index in [1.54, 1.807) is 24.3 Å². The molecule has 3 rings (SSSR count). The molecular weight excluding hydrogens is 254 g/mol. The molecule has 0 bridgehead atoms. The van der Waals surface area contributed by atoms with E-state index in [0.717, 1.165) is 11.3 Å². The smallest absolute Gasteiger partial charge is 0.224 e. The maximum atomic E-state index is 11.3. The van der Waals surface area contributed by atoms with Crippen molar-refractivity contribution in [3.63, 3.8) is 0 Å². The van der Waals surface area contributed by atoms with Crippen molar-refractivity contribution in [1.29, 1.82) is 5.26 Å². The monoisotopic (exact) mass is 265 g/mol. The summed E-state index contributed by atoms with van der Waals surface area (Å²) in [6.07, 6.45) is 1.18. The Labute approximate surface area is 115 Å². The van der Waals surface area contributed by atoms with Gasteiger partial charge in [0, 0.05) is 18.2 Å². The predicted molar refractivity (Wildman–Crippen MR) is 72.4 cm³/mol. The van der Waals surface area contributed by atoms with Gasteiger partial charge < -0.3 is 10.1 Å². The number of nitriles is 1. The zero-order chi connectivity index (χ0) is 13.9. The molecular formula is C15H11N3O2. The van der Waals surface area contributed by atoms with Gasteiger partial charge in [0.2, 0.25) is 11.8 Å². The predicted octanol–water partition coefficient (Wildman–Crippen LogP) is 2.63. The summed E-state index contributed by atoms with van der Waals surface area (Å²) in [5, 5.41) is 11.6. The van der Waals surface area contributed by atoms with Crippen molar-refractivity contribution < 1.29 is 9.53 Å². The van der Waals surface area contributed by atoms with Crippen LogP contribution in [0.3, 0.4) is 0 Å². The number of nitrogens with zero attached hydrogens (tertiary/aromatic N) is 2. The zero-order valence-electron chi connectivity index (χ0n) is 10.6. The lowest BCUT2D eigenvalue weighted by Crippen LogP contribution is -2.18. The number of nitrogens with one attached hydrogen (secondary N) is 1. The van der Waals surface area contributed by atoms with Crippen LogP contribution in [0, 0.1) is 11.3 Å². The van der Waals surface area contributed by atoms with Gasteiger partial charge >= 0.3 is 0 Å². The summed E-state index contributed by atoms with van der Waals surface area (Å²) < 4.78 is 5.64. The number of aromatic nitrogens is 1. The van der Waals surface area contributed by atoms with Crippen LogP contribution >= 0.6 is 0 Å². The Kier molecular flexibility index (Phi) is 3.05. The molecule has 5 heteroatoms. The first-order chi connectivity index (χ1) is 9.74. The van der Waals surface area contributed by atoms with Crippen molar-refractivity contribution in [2.75, 3.05) is 5.32 Å². The first kappa shape index (κ1) is 12.2. The van der Waals surface area contributed by atoms with Gasteiger partial charge in [0.1, 0.15) is 17.5 Å². The molecule has 1 aliphatic heterocycles. The molecule has 0 spiro atoms. The molecule has 1 N–H and O–H groups in total. The summed E-state index contributed by atoms with van der Waals surface area (Å²) >= 11 is 0. The number of hydrogen-bond acceptors (Lipinski definition) is 4. The summed E-state index contributed by atoms with van der Waals surface area (Å²) in [6.45, 7) is 0. The van der Waals surface area contributed by atoms with E-state index in [1.807, 2.05) is 18.2 Å². The van der Waals surface area contributed by atoms with Gasteiger partial charge in [0.25, 0.3) is 0 Å². The first-order valence-corrected chi connectivity index (χ1v) is 6.22. The average molecular weight is 265 g/mol. The van der Waals surface area contributed by atoms with Gasteiger partial charge in [-0.2, -0.15) is 5.26 Å². The molecule has 1 amide bonds. The minimum atomic E-state index is 0.0366. The fourth-order valence-corrected chi connectivity index (χ4v) is 2.08. The van der Waals surface area contributed by atoms with Crippen molar-refractivity contribution in [2.24, 2.45) is 0 Å². The zero-order valence-corrected chi connectivity index (χ0v) is 10.6. The van der Waals surface area contributed by atoms with Crippen LogP contribution in [-0.4, -0.2) is 10.9 Å². The van der Waals surface area contributed by atoms with E-state index >= 15 is 0 Å². The molecule has 2 heterocycles. The molecule has 20 heavy (non-hydrogen) atoms. The SMILES string of the molecule is N#Cc1cccc(Oc2ccc3c(c2)CCC(=O)N3)n1. The van der Waals surface area contributed by atoms with E-state index < -0.39 is 0 Å². The number of anilines is 1. The molecule has 5 nitrogen and oxygen atoms in total. The fraction of sp³-hybridized carbons (Fsp3) is 0.133. The number of carbonyl (C=O) groups excluding carboxylic acids is 1. The van der Waals surface area contributed by atoms with Crippen LogP contribution in [0.1, 0.15) is 17.7 Å². The minimum Gasteiger partial charge on any atom is -0.439 e. The van der Waals surface area contributed by atoms with Crippen LogP contribution in [0.4, 0.5) is 5.69 Å². The van der Waals surface area contributed by atoms with Crippen LogP contribution in [0.5, 0.6) is 11.6 Å². The maximum Gasteiger partial charge on any atom is 0.224 e. The van der Waals surface area contributed by atoms with Gasteiger partial charge in [0.15, 0.2) is 0 Å². The van der Waals surface area contributed by atoms with Crippen molar-refractivity contribution in [2.45, 2.75) is 12.8 Å². The highest BCUT2D eigenvalue weighted by atomic mass is 16.5. The Balaban J connectivity index is 1.85. The van der Waals surface area contributed by atoms with Crippen LogP contribution in [0.2, 0.25) is 0 Å². The molecule has 1 aromatic heterocycles. The molecule has 0 saturated carbocycles. The van der Waals surface area contributed by atoms with E-state index in [0.29, 0.717) is 30.2 Å². The molecule has 0 atom stereocenters. The third-order valence-electron chi connectivity index (χ3n) is 3.03. The van der Waals surface area contributed by atoms with Crippen LogP contribution < -0.4 is 10.1 Å². The lowest BCUT2D eigenvalue weighted by molar-refractivity contribution is -0.116. The molecule has 98 valence electrons. The molecule has 0 saturated heterocycles. The van der Waals surface area contributed by atoms with Crippen molar-refractivity contribution in [1.82, 2.24) is 4.98 Å². The van der Waals surface area contributed by atoms with E-state index in [-0.39, 0.29) is 5.91 Å². The van der Waals surface area contributed by atoms with Gasteiger partial charge in [-0.15, -0.1) is 0 Å². The number of ether oxygens (including phenoxy) is 1. The normalized spacial score (nSPS) is 13.1. The highest BCUT2D eigenvalue weighted by Crippen LogP contribution is 2.28. The number of hydrogen-bond donors (Lipinski definition) is 1. The van der Waals surface area contributed by atoms with Gasteiger partial charge in [-0.3, -0.25) is 4.79 Å². The number of benzene rings is 1. The summed E-state index contributed by atoms with van der Waals surface area (Å²) in [5.41, 5.74) is 2.18. The third kappa shape index (κ3) is 2.45. The summed E-state index contributed by atoms with van der Waals surface area (Å²) in [5.74, 6) is 1.06. The second kappa shape index (κ2) is 5.02. The average Bonchev–Trinajstić information content (AvgIpc) is 2.47. The summed E-state index contributed by atoms with van der Waals surface area (Å²) in [4.78, 5) is 15.3. The Morgan fingerprint density at radius 1 is 1.25 bits per heavy atom. The highest BCUT2D eigenvalue weighted by molar-refractivity contribution is 5.94. The quantitative estimate of drug-likeness (QED) is 0.905. The number of rotatable bonds is 2.